The number of benzene rings is 3. The number of hydrogen-bond acceptors (Lipinski definition) is 5. The van der Waals surface area contributed by atoms with Crippen LogP contribution >= 0.6 is 0 Å². The summed E-state index contributed by atoms with van der Waals surface area (Å²) in [6.45, 7) is 9.31. The maximum absolute atomic E-state index is 15.5. The van der Waals surface area contributed by atoms with Crippen LogP contribution in [0.1, 0.15) is 50.0 Å². The number of aromatic hydroxyl groups is 1. The second-order valence-corrected chi connectivity index (χ2v) is 10.2. The number of rotatable bonds is 7. The molecule has 0 aliphatic carbocycles. The SMILES string of the molecule is COc1cccc(C2=C(C)c3cc(O)ccc3OC2c2ccc(OC[C@H](C)N3CC[C@@H](C)C3)cc2)c1F. The first-order chi connectivity index (χ1) is 17.9. The highest BCUT2D eigenvalue weighted by molar-refractivity contribution is 5.96. The number of allylic oxidation sites excluding steroid dienone is 1. The third-order valence-electron chi connectivity index (χ3n) is 7.50. The Balaban J connectivity index is 1.45. The van der Waals surface area contributed by atoms with Crippen LogP contribution in [0.2, 0.25) is 0 Å². The zero-order valence-electron chi connectivity index (χ0n) is 21.8. The fraction of sp³-hybridized carbons (Fsp3) is 0.355. The maximum atomic E-state index is 15.5. The number of nitrogens with zero attached hydrogens (tertiary/aromatic N) is 1. The molecule has 1 unspecified atom stereocenters. The molecule has 0 spiro atoms. The van der Waals surface area contributed by atoms with Crippen molar-refractivity contribution >= 4 is 11.1 Å². The fourth-order valence-electron chi connectivity index (χ4n) is 5.33. The number of methoxy groups -OCH3 is 1. The van der Waals surface area contributed by atoms with Crippen molar-refractivity contribution in [3.8, 4) is 23.0 Å². The lowest BCUT2D eigenvalue weighted by Gasteiger charge is -2.31. The number of fused-ring (bicyclic) bond motifs is 1. The normalized spacial score (nSPS) is 20.4. The number of ether oxygens (including phenoxy) is 3. The van der Waals surface area contributed by atoms with Crippen molar-refractivity contribution in [3.63, 3.8) is 0 Å². The van der Waals surface area contributed by atoms with Gasteiger partial charge in [-0.05, 0) is 80.3 Å². The van der Waals surface area contributed by atoms with Gasteiger partial charge in [-0.3, -0.25) is 4.90 Å². The molecule has 5 rings (SSSR count). The molecule has 2 heterocycles. The number of phenolic OH excluding ortho intramolecular Hbond substituents is 1. The van der Waals surface area contributed by atoms with Crippen molar-refractivity contribution in [1.82, 2.24) is 4.90 Å². The Morgan fingerprint density at radius 2 is 1.89 bits per heavy atom. The summed E-state index contributed by atoms with van der Waals surface area (Å²) >= 11 is 0. The summed E-state index contributed by atoms with van der Waals surface area (Å²) in [5.41, 5.74) is 3.55. The molecule has 3 atom stereocenters. The van der Waals surface area contributed by atoms with Crippen LogP contribution in [0, 0.1) is 11.7 Å². The van der Waals surface area contributed by atoms with Gasteiger partial charge in [0.25, 0.3) is 0 Å². The monoisotopic (exact) mass is 503 g/mol. The summed E-state index contributed by atoms with van der Waals surface area (Å²) < 4.78 is 33.3. The lowest BCUT2D eigenvalue weighted by molar-refractivity contribution is 0.169. The molecule has 0 amide bonds. The highest BCUT2D eigenvalue weighted by atomic mass is 19.1. The topological polar surface area (TPSA) is 51.2 Å². The van der Waals surface area contributed by atoms with E-state index in [0.29, 0.717) is 29.5 Å². The van der Waals surface area contributed by atoms with Crippen molar-refractivity contribution in [3.05, 3.63) is 83.2 Å². The molecule has 1 N–H and O–H groups in total. The summed E-state index contributed by atoms with van der Waals surface area (Å²) in [6.07, 6.45) is 0.699. The minimum atomic E-state index is -0.544. The lowest BCUT2D eigenvalue weighted by Crippen LogP contribution is -2.35. The zero-order valence-corrected chi connectivity index (χ0v) is 21.8. The van der Waals surface area contributed by atoms with Crippen LogP contribution < -0.4 is 14.2 Å². The Hall–Kier alpha value is -3.51. The van der Waals surface area contributed by atoms with E-state index < -0.39 is 11.9 Å². The minimum Gasteiger partial charge on any atom is -0.508 e. The van der Waals surface area contributed by atoms with Crippen LogP contribution in [-0.2, 0) is 0 Å². The van der Waals surface area contributed by atoms with E-state index in [9.17, 15) is 5.11 Å². The average molecular weight is 504 g/mol. The van der Waals surface area contributed by atoms with Gasteiger partial charge in [-0.2, -0.15) is 0 Å². The Morgan fingerprint density at radius 1 is 1.11 bits per heavy atom. The number of hydrogen-bond donors (Lipinski definition) is 1. The molecule has 1 fully saturated rings. The quantitative estimate of drug-likeness (QED) is 0.388. The van der Waals surface area contributed by atoms with Crippen LogP contribution in [-0.4, -0.2) is 42.9 Å². The van der Waals surface area contributed by atoms with Crippen LogP contribution in [0.5, 0.6) is 23.0 Å². The minimum absolute atomic E-state index is 0.129. The Labute approximate surface area is 218 Å². The predicted molar refractivity (Wildman–Crippen MR) is 144 cm³/mol. The fourth-order valence-corrected chi connectivity index (χ4v) is 5.33. The van der Waals surface area contributed by atoms with Crippen LogP contribution in [0.25, 0.3) is 11.1 Å². The third-order valence-corrected chi connectivity index (χ3v) is 7.50. The second kappa shape index (κ2) is 10.5. The van der Waals surface area contributed by atoms with Gasteiger partial charge < -0.3 is 19.3 Å². The van der Waals surface area contributed by atoms with E-state index in [2.05, 4.69) is 18.7 Å². The molecule has 0 saturated carbocycles. The molecule has 5 nitrogen and oxygen atoms in total. The first-order valence-electron chi connectivity index (χ1n) is 12.9. The molecule has 2 aliphatic rings. The van der Waals surface area contributed by atoms with Crippen LogP contribution in [0.15, 0.2) is 60.7 Å². The van der Waals surface area contributed by atoms with E-state index >= 15 is 4.39 Å². The lowest BCUT2D eigenvalue weighted by atomic mass is 9.85. The van der Waals surface area contributed by atoms with E-state index in [1.54, 1.807) is 36.4 Å². The first kappa shape index (κ1) is 25.2. The van der Waals surface area contributed by atoms with Crippen molar-refractivity contribution < 1.29 is 23.7 Å². The molecule has 2 aliphatic heterocycles. The number of halogens is 1. The summed E-state index contributed by atoms with van der Waals surface area (Å²) in [5.74, 6) is 2.03. The molecule has 0 bridgehead atoms. The summed E-state index contributed by atoms with van der Waals surface area (Å²) in [4.78, 5) is 2.48. The highest BCUT2D eigenvalue weighted by Crippen LogP contribution is 2.48. The van der Waals surface area contributed by atoms with Gasteiger partial charge in [0.05, 0.1) is 7.11 Å². The standard InChI is InChI=1S/C31H34FNO4/c1-19-14-15-33(17-19)20(2)18-36-24-11-8-22(9-12-24)31-29(25-6-5-7-28(35-4)30(25)32)21(3)26-16-23(34)10-13-27(26)37-31/h5-13,16,19-20,31,34H,14-15,17-18H2,1-4H3/t19-,20+,31?/m1/s1. The smallest absolute Gasteiger partial charge is 0.172 e. The summed E-state index contributed by atoms with van der Waals surface area (Å²) in [7, 11) is 1.45. The van der Waals surface area contributed by atoms with E-state index in [1.165, 1.54) is 13.5 Å². The van der Waals surface area contributed by atoms with Gasteiger partial charge in [-0.25, -0.2) is 4.39 Å². The number of phenols is 1. The molecular formula is C31H34FNO4. The van der Waals surface area contributed by atoms with Crippen molar-refractivity contribution in [2.45, 2.75) is 39.3 Å². The average Bonchev–Trinajstić information content (AvgIpc) is 3.35. The second-order valence-electron chi connectivity index (χ2n) is 10.2. The number of likely N-dealkylation sites (tertiary alicyclic amines) is 1. The Bertz CT molecular complexity index is 1300. The molecule has 37 heavy (non-hydrogen) atoms. The highest BCUT2D eigenvalue weighted by Gasteiger charge is 2.32. The van der Waals surface area contributed by atoms with Gasteiger partial charge in [0.1, 0.15) is 30.0 Å². The van der Waals surface area contributed by atoms with E-state index in [0.717, 1.165) is 41.5 Å². The molecule has 3 aromatic rings. The van der Waals surface area contributed by atoms with Gasteiger partial charge in [0.15, 0.2) is 11.6 Å². The Morgan fingerprint density at radius 3 is 2.59 bits per heavy atom. The predicted octanol–water partition coefficient (Wildman–Crippen LogP) is 6.71. The zero-order chi connectivity index (χ0) is 26.1. The molecule has 0 radical (unpaired) electrons. The van der Waals surface area contributed by atoms with Crippen molar-refractivity contribution in [2.24, 2.45) is 5.92 Å². The molecule has 194 valence electrons. The van der Waals surface area contributed by atoms with Gasteiger partial charge >= 0.3 is 0 Å². The van der Waals surface area contributed by atoms with Gasteiger partial charge in [0.2, 0.25) is 0 Å². The van der Waals surface area contributed by atoms with E-state index in [1.807, 2.05) is 31.2 Å². The van der Waals surface area contributed by atoms with Crippen molar-refractivity contribution in [1.29, 1.82) is 0 Å². The summed E-state index contributed by atoms with van der Waals surface area (Å²) in [5, 5.41) is 10.1. The van der Waals surface area contributed by atoms with Gasteiger partial charge in [-0.1, -0.05) is 31.2 Å². The maximum Gasteiger partial charge on any atom is 0.172 e. The molecule has 1 saturated heterocycles. The van der Waals surface area contributed by atoms with Crippen LogP contribution in [0.3, 0.4) is 0 Å². The molecular weight excluding hydrogens is 469 g/mol. The Kier molecular flexibility index (Phi) is 7.11. The molecule has 6 heteroatoms. The van der Waals surface area contributed by atoms with Gasteiger partial charge in [-0.15, -0.1) is 0 Å². The van der Waals surface area contributed by atoms with E-state index in [-0.39, 0.29) is 11.5 Å². The first-order valence-corrected chi connectivity index (χ1v) is 12.9. The molecule has 0 aromatic heterocycles. The van der Waals surface area contributed by atoms with Crippen molar-refractivity contribution in [2.75, 3.05) is 26.8 Å². The van der Waals surface area contributed by atoms with Crippen LogP contribution in [0.4, 0.5) is 4.39 Å². The van der Waals surface area contributed by atoms with Gasteiger partial charge in [0, 0.05) is 29.3 Å². The molecule has 3 aromatic carbocycles. The largest absolute Gasteiger partial charge is 0.508 e. The third kappa shape index (κ3) is 5.03. The van der Waals surface area contributed by atoms with E-state index in [4.69, 9.17) is 14.2 Å². The summed E-state index contributed by atoms with van der Waals surface area (Å²) in [6, 6.07) is 18.3.